The van der Waals surface area contributed by atoms with E-state index in [0.717, 1.165) is 25.7 Å². The molecule has 1 aliphatic rings. The molecule has 0 aromatic carbocycles. The maximum atomic E-state index is 12.3. The molecule has 20 heavy (non-hydrogen) atoms. The number of rotatable bonds is 5. The highest BCUT2D eigenvalue weighted by molar-refractivity contribution is 5.78. The van der Waals surface area contributed by atoms with E-state index in [4.69, 9.17) is 5.11 Å². The van der Waals surface area contributed by atoms with Crippen molar-refractivity contribution in [3.63, 3.8) is 0 Å². The number of nitrogens with zero attached hydrogens (tertiary/aromatic N) is 1. The highest BCUT2D eigenvalue weighted by Gasteiger charge is 2.33. The molecule has 1 rings (SSSR count). The van der Waals surface area contributed by atoms with Crippen LogP contribution in [0.4, 0.5) is 0 Å². The summed E-state index contributed by atoms with van der Waals surface area (Å²) in [5.41, 5.74) is -0.0892. The van der Waals surface area contributed by atoms with Crippen LogP contribution in [-0.4, -0.2) is 35.0 Å². The maximum absolute atomic E-state index is 12.3. The van der Waals surface area contributed by atoms with Crippen molar-refractivity contribution in [1.29, 1.82) is 0 Å². The third-order valence-corrected chi connectivity index (χ3v) is 4.51. The third-order valence-electron chi connectivity index (χ3n) is 4.51. The molecule has 1 amide bonds. The number of carbonyl (C=O) groups excluding carboxylic acids is 1. The molecule has 1 aliphatic carbocycles. The van der Waals surface area contributed by atoms with Crippen LogP contribution in [0.15, 0.2) is 0 Å². The highest BCUT2D eigenvalue weighted by Crippen LogP contribution is 2.37. The van der Waals surface area contributed by atoms with Crippen molar-refractivity contribution >= 4 is 11.9 Å². The van der Waals surface area contributed by atoms with Gasteiger partial charge in [0.15, 0.2) is 0 Å². The summed E-state index contributed by atoms with van der Waals surface area (Å²) >= 11 is 0. The Morgan fingerprint density at radius 2 is 1.70 bits per heavy atom. The zero-order valence-corrected chi connectivity index (χ0v) is 13.5. The lowest BCUT2D eigenvalue weighted by atomic mass is 9.75. The largest absolute Gasteiger partial charge is 0.481 e. The number of aliphatic carboxylic acids is 1. The minimum atomic E-state index is -0.843. The molecule has 0 radical (unpaired) electrons. The number of amides is 1. The predicted molar refractivity (Wildman–Crippen MR) is 79.5 cm³/mol. The Labute approximate surface area is 122 Å². The first-order valence-electron chi connectivity index (χ1n) is 7.50. The first-order valence-corrected chi connectivity index (χ1v) is 7.50. The second-order valence-electron chi connectivity index (χ2n) is 7.81. The molecule has 0 aromatic heterocycles. The van der Waals surface area contributed by atoms with E-state index in [0.29, 0.717) is 17.9 Å². The number of carboxylic acid groups (broad SMARTS) is 1. The van der Waals surface area contributed by atoms with Gasteiger partial charge < -0.3 is 10.0 Å². The van der Waals surface area contributed by atoms with Gasteiger partial charge in [-0.1, -0.05) is 27.7 Å². The summed E-state index contributed by atoms with van der Waals surface area (Å²) in [5.74, 6) is -0.772. The van der Waals surface area contributed by atoms with E-state index < -0.39 is 11.4 Å². The molecule has 0 saturated heterocycles. The third kappa shape index (κ3) is 5.14. The van der Waals surface area contributed by atoms with Crippen LogP contribution in [0, 0.1) is 10.8 Å². The van der Waals surface area contributed by atoms with Gasteiger partial charge in [-0.3, -0.25) is 9.59 Å². The van der Waals surface area contributed by atoms with E-state index in [1.807, 2.05) is 25.8 Å². The van der Waals surface area contributed by atoms with Crippen molar-refractivity contribution < 1.29 is 14.7 Å². The van der Waals surface area contributed by atoms with E-state index in [1.54, 1.807) is 0 Å². The molecule has 0 unspecified atom stereocenters. The van der Waals surface area contributed by atoms with Gasteiger partial charge in [0.2, 0.25) is 5.91 Å². The Kier molecular flexibility index (Phi) is 5.22. The van der Waals surface area contributed by atoms with Crippen molar-refractivity contribution in [3.8, 4) is 0 Å². The molecule has 0 aliphatic heterocycles. The zero-order valence-electron chi connectivity index (χ0n) is 13.5. The second kappa shape index (κ2) is 6.15. The molecular weight excluding hydrogens is 254 g/mol. The molecule has 0 heterocycles. The van der Waals surface area contributed by atoms with Gasteiger partial charge in [0.1, 0.15) is 0 Å². The van der Waals surface area contributed by atoms with Crippen LogP contribution in [0.3, 0.4) is 0 Å². The topological polar surface area (TPSA) is 57.6 Å². The fourth-order valence-electron chi connectivity index (χ4n) is 2.98. The summed E-state index contributed by atoms with van der Waals surface area (Å²) in [6.45, 7) is 8.25. The van der Waals surface area contributed by atoms with Gasteiger partial charge in [-0.05, 0) is 36.5 Å². The predicted octanol–water partition coefficient (Wildman–Crippen LogP) is 3.30. The summed E-state index contributed by atoms with van der Waals surface area (Å²) in [5, 5.41) is 8.88. The average molecular weight is 283 g/mol. The Hall–Kier alpha value is -1.06. The van der Waals surface area contributed by atoms with Crippen molar-refractivity contribution in [2.24, 2.45) is 10.8 Å². The quantitative estimate of drug-likeness (QED) is 0.842. The average Bonchev–Trinajstić information content (AvgIpc) is 2.25. The number of carboxylic acids is 1. The molecule has 1 N–H and O–H groups in total. The summed E-state index contributed by atoms with van der Waals surface area (Å²) in [6.07, 6.45) is 4.73. The van der Waals surface area contributed by atoms with Crippen LogP contribution in [0.25, 0.3) is 0 Å². The minimum Gasteiger partial charge on any atom is -0.481 e. The lowest BCUT2D eigenvalue weighted by Crippen LogP contribution is -2.42. The van der Waals surface area contributed by atoms with Crippen molar-refractivity contribution in [2.45, 2.75) is 72.3 Å². The summed E-state index contributed by atoms with van der Waals surface area (Å²) in [4.78, 5) is 25.0. The summed E-state index contributed by atoms with van der Waals surface area (Å²) < 4.78 is 0. The Morgan fingerprint density at radius 1 is 1.20 bits per heavy atom. The Bertz CT molecular complexity index is 364. The summed E-state index contributed by atoms with van der Waals surface area (Å²) in [6, 6.07) is 0.316. The normalized spacial score (nSPS) is 19.6. The maximum Gasteiger partial charge on any atom is 0.303 e. The fraction of sp³-hybridized carbons (Fsp3) is 0.875. The van der Waals surface area contributed by atoms with Crippen molar-refractivity contribution in [2.75, 3.05) is 7.05 Å². The van der Waals surface area contributed by atoms with Gasteiger partial charge in [-0.2, -0.15) is 0 Å². The second-order valence-corrected chi connectivity index (χ2v) is 7.81. The SMILES string of the molecule is CN(C(=O)CC(C)(C)CC(=O)O)C1CCC(C)(C)CC1. The molecule has 116 valence electrons. The number of hydrogen-bond acceptors (Lipinski definition) is 2. The van der Waals surface area contributed by atoms with Crippen LogP contribution in [0.5, 0.6) is 0 Å². The van der Waals surface area contributed by atoms with Gasteiger partial charge in [0, 0.05) is 19.5 Å². The van der Waals surface area contributed by atoms with Gasteiger partial charge in [-0.15, -0.1) is 0 Å². The highest BCUT2D eigenvalue weighted by atomic mass is 16.4. The molecule has 0 spiro atoms. The van der Waals surface area contributed by atoms with Gasteiger partial charge in [0.25, 0.3) is 0 Å². The van der Waals surface area contributed by atoms with E-state index in [-0.39, 0.29) is 12.3 Å². The minimum absolute atomic E-state index is 0.0320. The van der Waals surface area contributed by atoms with Crippen LogP contribution in [-0.2, 0) is 9.59 Å². The smallest absolute Gasteiger partial charge is 0.303 e. The molecular formula is C16H29NO3. The lowest BCUT2D eigenvalue weighted by Gasteiger charge is -2.39. The van der Waals surface area contributed by atoms with Crippen LogP contribution >= 0.6 is 0 Å². The standard InChI is InChI=1S/C16H29NO3/c1-15(2)8-6-12(7-9-15)17(5)13(18)10-16(3,4)11-14(19)20/h12H,6-11H2,1-5H3,(H,19,20). The molecule has 0 bridgehead atoms. The monoisotopic (exact) mass is 283 g/mol. The summed E-state index contributed by atoms with van der Waals surface area (Å²) in [7, 11) is 1.86. The van der Waals surface area contributed by atoms with Gasteiger partial charge >= 0.3 is 5.97 Å². The van der Waals surface area contributed by atoms with Crippen molar-refractivity contribution in [1.82, 2.24) is 4.90 Å². The molecule has 0 atom stereocenters. The van der Waals surface area contributed by atoms with E-state index in [9.17, 15) is 9.59 Å². The fourth-order valence-corrected chi connectivity index (χ4v) is 2.98. The molecule has 0 aromatic rings. The molecule has 1 saturated carbocycles. The van der Waals surface area contributed by atoms with Crippen molar-refractivity contribution in [3.05, 3.63) is 0 Å². The first-order chi connectivity index (χ1) is 9.02. The number of hydrogen-bond donors (Lipinski definition) is 1. The van der Waals surface area contributed by atoms with Crippen LogP contribution < -0.4 is 0 Å². The molecule has 1 fully saturated rings. The van der Waals surface area contributed by atoms with Crippen LogP contribution in [0.1, 0.15) is 66.2 Å². The van der Waals surface area contributed by atoms with E-state index in [2.05, 4.69) is 13.8 Å². The lowest BCUT2D eigenvalue weighted by molar-refractivity contribution is -0.141. The Morgan fingerprint density at radius 3 is 2.15 bits per heavy atom. The zero-order chi connectivity index (χ0) is 15.6. The first kappa shape index (κ1) is 17.0. The number of carbonyl (C=O) groups is 2. The Balaban J connectivity index is 2.53. The molecule has 4 heteroatoms. The van der Waals surface area contributed by atoms with E-state index >= 15 is 0 Å². The van der Waals surface area contributed by atoms with Gasteiger partial charge in [-0.25, -0.2) is 0 Å². The van der Waals surface area contributed by atoms with E-state index in [1.165, 1.54) is 0 Å². The molecule has 4 nitrogen and oxygen atoms in total. The van der Waals surface area contributed by atoms with Crippen LogP contribution in [0.2, 0.25) is 0 Å². The van der Waals surface area contributed by atoms with Gasteiger partial charge in [0.05, 0.1) is 6.42 Å².